The molecule has 2 aromatic rings. The quantitative estimate of drug-likeness (QED) is 0.717. The van der Waals surface area contributed by atoms with Crippen LogP contribution < -0.4 is 10.6 Å². The Bertz CT molecular complexity index is 865. The minimum absolute atomic E-state index is 0.213. The highest BCUT2D eigenvalue weighted by Crippen LogP contribution is 2.38. The number of benzene rings is 2. The SMILES string of the molecule is C=C1NC(=O)N[C@H](c2cccc(Cl)c2Cl)[C@H]1C(=O)c1ccc(Cl)cc1. The number of Topliss-reactive ketones (excluding diaryl/α,β-unsaturated/α-hetero) is 1. The molecule has 2 N–H and O–H groups in total. The van der Waals surface area contributed by atoms with E-state index in [1.807, 2.05) is 0 Å². The molecule has 0 spiro atoms. The van der Waals surface area contributed by atoms with E-state index >= 15 is 0 Å². The van der Waals surface area contributed by atoms with Gasteiger partial charge in [0.25, 0.3) is 0 Å². The standard InChI is InChI=1S/C18H13Cl3N2O2/c1-9-14(17(24)10-5-7-11(19)8-6-10)16(23-18(25)22-9)12-3-2-4-13(20)15(12)21/h2-8,14,16H,1H2,(H2,22,23,25)/t14-,16+/m0/s1. The van der Waals surface area contributed by atoms with Gasteiger partial charge in [-0.2, -0.15) is 0 Å². The van der Waals surface area contributed by atoms with Gasteiger partial charge in [0.2, 0.25) is 0 Å². The minimum atomic E-state index is -0.741. The highest BCUT2D eigenvalue weighted by atomic mass is 35.5. The number of hydrogen-bond donors (Lipinski definition) is 2. The monoisotopic (exact) mass is 394 g/mol. The number of ketones is 1. The summed E-state index contributed by atoms with van der Waals surface area (Å²) in [6.45, 7) is 3.84. The normalized spacial score (nSPS) is 20.0. The number of rotatable bonds is 3. The first kappa shape index (κ1) is 17.8. The zero-order valence-electron chi connectivity index (χ0n) is 12.9. The van der Waals surface area contributed by atoms with Crippen LogP contribution in [-0.2, 0) is 0 Å². The zero-order valence-corrected chi connectivity index (χ0v) is 15.1. The third-order valence-corrected chi connectivity index (χ3v) is 5.08. The van der Waals surface area contributed by atoms with E-state index in [4.69, 9.17) is 34.8 Å². The van der Waals surface area contributed by atoms with Crippen LogP contribution in [0, 0.1) is 5.92 Å². The van der Waals surface area contributed by atoms with Gasteiger partial charge in [-0.25, -0.2) is 4.79 Å². The Morgan fingerprint density at radius 2 is 1.72 bits per heavy atom. The number of nitrogens with one attached hydrogen (secondary N) is 2. The summed E-state index contributed by atoms with van der Waals surface area (Å²) in [5, 5.41) is 6.46. The van der Waals surface area contributed by atoms with Crippen LogP contribution in [0.2, 0.25) is 15.1 Å². The molecule has 2 amide bonds. The summed E-state index contributed by atoms with van der Waals surface area (Å²) in [5.41, 5.74) is 1.30. The molecule has 2 atom stereocenters. The third kappa shape index (κ3) is 3.52. The Balaban J connectivity index is 2.05. The van der Waals surface area contributed by atoms with Gasteiger partial charge in [-0.3, -0.25) is 4.79 Å². The lowest BCUT2D eigenvalue weighted by atomic mass is 9.83. The van der Waals surface area contributed by atoms with Crippen LogP contribution in [0.4, 0.5) is 4.79 Å². The maximum Gasteiger partial charge on any atom is 0.319 e. The summed E-state index contributed by atoms with van der Waals surface area (Å²) in [7, 11) is 0. The molecule has 1 saturated heterocycles. The molecule has 3 rings (SSSR count). The van der Waals surface area contributed by atoms with Crippen molar-refractivity contribution < 1.29 is 9.59 Å². The Hall–Kier alpha value is -2.01. The second kappa shape index (κ2) is 7.08. The number of carbonyl (C=O) groups is 2. The van der Waals surface area contributed by atoms with Crippen molar-refractivity contribution in [2.24, 2.45) is 5.92 Å². The number of carbonyl (C=O) groups excluding carboxylic acids is 2. The van der Waals surface area contributed by atoms with Gasteiger partial charge in [0.05, 0.1) is 22.0 Å². The highest BCUT2D eigenvalue weighted by molar-refractivity contribution is 6.42. The second-order valence-corrected chi connectivity index (χ2v) is 6.81. The van der Waals surface area contributed by atoms with Crippen LogP contribution in [0.15, 0.2) is 54.7 Å². The van der Waals surface area contributed by atoms with E-state index in [-0.39, 0.29) is 10.8 Å². The summed E-state index contributed by atoms with van der Waals surface area (Å²) in [6.07, 6.45) is 0. The fourth-order valence-electron chi connectivity index (χ4n) is 2.81. The molecular formula is C18H13Cl3N2O2. The van der Waals surface area contributed by atoms with Crippen LogP contribution >= 0.6 is 34.8 Å². The maximum absolute atomic E-state index is 13.0. The van der Waals surface area contributed by atoms with Gasteiger partial charge in [-0.1, -0.05) is 53.5 Å². The molecular weight excluding hydrogens is 383 g/mol. The zero-order chi connectivity index (χ0) is 18.1. The number of amides is 2. The van der Waals surface area contributed by atoms with E-state index in [0.29, 0.717) is 26.9 Å². The van der Waals surface area contributed by atoms with Crippen LogP contribution in [-0.4, -0.2) is 11.8 Å². The lowest BCUT2D eigenvalue weighted by molar-refractivity contribution is 0.0905. The summed E-state index contributed by atoms with van der Waals surface area (Å²) in [6, 6.07) is 10.5. The Kier molecular flexibility index (Phi) is 5.04. The predicted molar refractivity (Wildman–Crippen MR) is 99.3 cm³/mol. The average molecular weight is 396 g/mol. The Morgan fingerprint density at radius 1 is 1.04 bits per heavy atom. The molecule has 4 nitrogen and oxygen atoms in total. The topological polar surface area (TPSA) is 58.2 Å². The molecule has 0 aliphatic carbocycles. The van der Waals surface area contributed by atoms with E-state index in [1.165, 1.54) is 0 Å². The fourth-order valence-corrected chi connectivity index (χ4v) is 3.36. The van der Waals surface area contributed by atoms with Crippen molar-refractivity contribution in [1.82, 2.24) is 10.6 Å². The second-order valence-electron chi connectivity index (χ2n) is 5.59. The average Bonchev–Trinajstić information content (AvgIpc) is 2.57. The van der Waals surface area contributed by atoms with Gasteiger partial charge in [-0.15, -0.1) is 0 Å². The largest absolute Gasteiger partial charge is 0.330 e. The van der Waals surface area contributed by atoms with Crippen LogP contribution in [0.5, 0.6) is 0 Å². The van der Waals surface area contributed by atoms with Crippen molar-refractivity contribution in [2.75, 3.05) is 0 Å². The molecule has 0 saturated carbocycles. The van der Waals surface area contributed by atoms with Gasteiger partial charge in [0.1, 0.15) is 0 Å². The van der Waals surface area contributed by atoms with Gasteiger partial charge in [0, 0.05) is 16.3 Å². The van der Waals surface area contributed by atoms with Crippen LogP contribution in [0.25, 0.3) is 0 Å². The fraction of sp³-hybridized carbons (Fsp3) is 0.111. The van der Waals surface area contributed by atoms with Crippen molar-refractivity contribution in [3.05, 3.63) is 80.9 Å². The third-order valence-electron chi connectivity index (χ3n) is 4.00. The lowest BCUT2D eigenvalue weighted by Crippen LogP contribution is -2.50. The van der Waals surface area contributed by atoms with Gasteiger partial charge < -0.3 is 10.6 Å². The molecule has 1 heterocycles. The first-order valence-corrected chi connectivity index (χ1v) is 8.52. The van der Waals surface area contributed by atoms with Crippen molar-refractivity contribution in [3.63, 3.8) is 0 Å². The van der Waals surface area contributed by atoms with E-state index < -0.39 is 18.0 Å². The van der Waals surface area contributed by atoms with Gasteiger partial charge in [-0.05, 0) is 35.9 Å². The molecule has 1 aliphatic rings. The van der Waals surface area contributed by atoms with Gasteiger partial charge >= 0.3 is 6.03 Å². The highest BCUT2D eigenvalue weighted by Gasteiger charge is 2.39. The van der Waals surface area contributed by atoms with E-state index in [2.05, 4.69) is 17.2 Å². The van der Waals surface area contributed by atoms with Crippen molar-refractivity contribution in [2.45, 2.75) is 6.04 Å². The molecule has 0 bridgehead atoms. The molecule has 25 heavy (non-hydrogen) atoms. The van der Waals surface area contributed by atoms with Crippen molar-refractivity contribution in [3.8, 4) is 0 Å². The van der Waals surface area contributed by atoms with E-state index in [1.54, 1.807) is 42.5 Å². The Labute approximate surface area is 159 Å². The molecule has 128 valence electrons. The summed E-state index contributed by atoms with van der Waals surface area (Å²) in [5.74, 6) is -0.954. The first-order chi connectivity index (χ1) is 11.9. The smallest absolute Gasteiger partial charge is 0.319 e. The number of halogens is 3. The van der Waals surface area contributed by atoms with Crippen molar-refractivity contribution in [1.29, 1.82) is 0 Å². The first-order valence-electron chi connectivity index (χ1n) is 7.38. The maximum atomic E-state index is 13.0. The molecule has 2 aromatic carbocycles. The van der Waals surface area contributed by atoms with Crippen molar-refractivity contribution >= 4 is 46.6 Å². The lowest BCUT2D eigenvalue weighted by Gasteiger charge is -2.34. The minimum Gasteiger partial charge on any atom is -0.330 e. The van der Waals surface area contributed by atoms with E-state index in [9.17, 15) is 9.59 Å². The molecule has 0 unspecified atom stereocenters. The summed E-state index contributed by atoms with van der Waals surface area (Å²) < 4.78 is 0. The summed E-state index contributed by atoms with van der Waals surface area (Å²) >= 11 is 18.3. The van der Waals surface area contributed by atoms with Gasteiger partial charge in [0.15, 0.2) is 5.78 Å². The molecule has 7 heteroatoms. The molecule has 1 fully saturated rings. The predicted octanol–water partition coefficient (Wildman–Crippen LogP) is 5.01. The molecule has 0 radical (unpaired) electrons. The van der Waals surface area contributed by atoms with Crippen LogP contribution in [0.3, 0.4) is 0 Å². The number of hydrogen-bond acceptors (Lipinski definition) is 2. The van der Waals surface area contributed by atoms with E-state index in [0.717, 1.165) is 0 Å². The van der Waals surface area contributed by atoms with Crippen LogP contribution in [0.1, 0.15) is 22.0 Å². The summed E-state index contributed by atoms with van der Waals surface area (Å²) in [4.78, 5) is 25.0. The Morgan fingerprint density at radius 3 is 2.40 bits per heavy atom. The molecule has 0 aromatic heterocycles. The number of urea groups is 1. The molecule has 1 aliphatic heterocycles.